The summed E-state index contributed by atoms with van der Waals surface area (Å²) in [5.74, 6) is 1.16. The summed E-state index contributed by atoms with van der Waals surface area (Å²) in [6, 6.07) is 10.1. The second kappa shape index (κ2) is 9.69. The van der Waals surface area contributed by atoms with Crippen LogP contribution in [0.1, 0.15) is 45.6 Å². The first-order chi connectivity index (χ1) is 15.3. The van der Waals surface area contributed by atoms with Crippen molar-refractivity contribution in [2.75, 3.05) is 39.3 Å². The normalized spacial score (nSPS) is 26.2. The molecule has 176 valence electrons. The van der Waals surface area contributed by atoms with Gasteiger partial charge in [-0.05, 0) is 57.4 Å². The molecule has 1 aromatic rings. The SMILES string of the molecule is CC(C)(C)OC(=O)N1C[C@H]2CC[C@@H]1C[C@H]2CN1CCN(C(=O)OCc2ccccc2)CC1. The predicted octanol–water partition coefficient (Wildman–Crippen LogP) is 3.98. The van der Waals surface area contributed by atoms with Gasteiger partial charge in [0, 0.05) is 45.3 Å². The van der Waals surface area contributed by atoms with E-state index in [0.29, 0.717) is 37.6 Å². The number of piperidine rings is 2. The van der Waals surface area contributed by atoms with Crippen molar-refractivity contribution in [3.63, 3.8) is 0 Å². The maximum atomic E-state index is 12.6. The molecule has 32 heavy (non-hydrogen) atoms. The summed E-state index contributed by atoms with van der Waals surface area (Å²) in [6.45, 7) is 11.1. The highest BCUT2D eigenvalue weighted by Crippen LogP contribution is 2.40. The summed E-state index contributed by atoms with van der Waals surface area (Å²) in [4.78, 5) is 31.3. The first-order valence-electron chi connectivity index (χ1n) is 12.0. The van der Waals surface area contributed by atoms with Gasteiger partial charge in [0.05, 0.1) is 0 Å². The molecule has 0 radical (unpaired) electrons. The van der Waals surface area contributed by atoms with Gasteiger partial charge in [0.25, 0.3) is 0 Å². The van der Waals surface area contributed by atoms with Gasteiger partial charge in [-0.15, -0.1) is 0 Å². The van der Waals surface area contributed by atoms with Crippen molar-refractivity contribution in [2.24, 2.45) is 11.8 Å². The van der Waals surface area contributed by atoms with Crippen molar-refractivity contribution in [1.82, 2.24) is 14.7 Å². The number of piperazine rings is 1. The van der Waals surface area contributed by atoms with Crippen LogP contribution in [0, 0.1) is 11.8 Å². The smallest absolute Gasteiger partial charge is 0.410 e. The van der Waals surface area contributed by atoms with E-state index in [0.717, 1.165) is 44.6 Å². The molecule has 4 aliphatic rings. The third kappa shape index (κ3) is 5.74. The first-order valence-corrected chi connectivity index (χ1v) is 12.0. The fourth-order valence-electron chi connectivity index (χ4n) is 5.25. The van der Waals surface area contributed by atoms with Crippen molar-refractivity contribution in [3.8, 4) is 0 Å². The molecule has 2 bridgehead atoms. The quantitative estimate of drug-likeness (QED) is 0.705. The Labute approximate surface area is 191 Å². The van der Waals surface area contributed by atoms with Crippen LogP contribution in [0.5, 0.6) is 0 Å². The van der Waals surface area contributed by atoms with Gasteiger partial charge in [-0.2, -0.15) is 0 Å². The van der Waals surface area contributed by atoms with Crippen molar-refractivity contribution in [1.29, 1.82) is 0 Å². The molecule has 3 atom stereocenters. The Kier molecular flexibility index (Phi) is 6.93. The molecule has 1 saturated carbocycles. The van der Waals surface area contributed by atoms with Gasteiger partial charge in [-0.25, -0.2) is 9.59 Å². The van der Waals surface area contributed by atoms with Crippen molar-refractivity contribution >= 4 is 12.2 Å². The molecular weight excluding hydrogens is 406 g/mol. The summed E-state index contributed by atoms with van der Waals surface area (Å²) in [6.07, 6.45) is 2.96. The summed E-state index contributed by atoms with van der Waals surface area (Å²) in [5, 5.41) is 0. The average Bonchev–Trinajstić information content (AvgIpc) is 2.78. The van der Waals surface area contributed by atoms with Crippen LogP contribution in [0.2, 0.25) is 0 Å². The Balaban J connectivity index is 1.20. The van der Waals surface area contributed by atoms with Gasteiger partial charge in [0.1, 0.15) is 12.2 Å². The molecule has 1 aliphatic carbocycles. The number of amides is 2. The van der Waals surface area contributed by atoms with Gasteiger partial charge in [0.15, 0.2) is 0 Å². The molecule has 7 heteroatoms. The highest BCUT2D eigenvalue weighted by Gasteiger charge is 2.44. The van der Waals surface area contributed by atoms with E-state index in [1.165, 1.54) is 6.42 Å². The minimum absolute atomic E-state index is 0.159. The van der Waals surface area contributed by atoms with Crippen LogP contribution in [-0.4, -0.2) is 77.8 Å². The number of rotatable bonds is 4. The van der Waals surface area contributed by atoms with Gasteiger partial charge < -0.3 is 19.3 Å². The third-order valence-electron chi connectivity index (χ3n) is 6.94. The molecule has 0 spiro atoms. The highest BCUT2D eigenvalue weighted by molar-refractivity contribution is 5.69. The molecule has 0 unspecified atom stereocenters. The monoisotopic (exact) mass is 443 g/mol. The molecule has 0 N–H and O–H groups in total. The minimum Gasteiger partial charge on any atom is -0.445 e. The van der Waals surface area contributed by atoms with Crippen LogP contribution in [0.4, 0.5) is 9.59 Å². The number of benzene rings is 1. The largest absolute Gasteiger partial charge is 0.445 e. The highest BCUT2D eigenvalue weighted by atomic mass is 16.6. The second-order valence-corrected chi connectivity index (χ2v) is 10.4. The molecule has 3 aliphatic heterocycles. The van der Waals surface area contributed by atoms with Gasteiger partial charge in [0.2, 0.25) is 0 Å². The zero-order valence-corrected chi connectivity index (χ0v) is 19.7. The molecule has 7 nitrogen and oxygen atoms in total. The fraction of sp³-hybridized carbons (Fsp3) is 0.680. The van der Waals surface area contributed by atoms with Crippen LogP contribution in [0.15, 0.2) is 30.3 Å². The van der Waals surface area contributed by atoms with Crippen LogP contribution in [0.3, 0.4) is 0 Å². The topological polar surface area (TPSA) is 62.3 Å². The maximum Gasteiger partial charge on any atom is 0.410 e. The van der Waals surface area contributed by atoms with Crippen LogP contribution in [0.25, 0.3) is 0 Å². The number of carbonyl (C=O) groups is 2. The molecule has 0 aromatic heterocycles. The lowest BCUT2D eigenvalue weighted by Gasteiger charge is -2.50. The zero-order valence-electron chi connectivity index (χ0n) is 19.7. The molecule has 1 aromatic carbocycles. The van der Waals surface area contributed by atoms with E-state index in [1.807, 2.05) is 60.9 Å². The Morgan fingerprint density at radius 1 is 1.00 bits per heavy atom. The van der Waals surface area contributed by atoms with Crippen molar-refractivity contribution < 1.29 is 19.1 Å². The van der Waals surface area contributed by atoms with Crippen LogP contribution >= 0.6 is 0 Å². The van der Waals surface area contributed by atoms with E-state index in [-0.39, 0.29) is 12.2 Å². The Bertz CT molecular complexity index is 786. The summed E-state index contributed by atoms with van der Waals surface area (Å²) in [7, 11) is 0. The summed E-state index contributed by atoms with van der Waals surface area (Å²) >= 11 is 0. The zero-order chi connectivity index (χ0) is 22.7. The van der Waals surface area contributed by atoms with Gasteiger partial charge in [-0.3, -0.25) is 4.90 Å². The minimum atomic E-state index is -0.449. The van der Waals surface area contributed by atoms with E-state index in [9.17, 15) is 9.59 Å². The number of ether oxygens (including phenoxy) is 2. The van der Waals surface area contributed by atoms with Gasteiger partial charge >= 0.3 is 12.2 Å². The molecule has 5 rings (SSSR count). The van der Waals surface area contributed by atoms with Crippen molar-refractivity contribution in [2.45, 2.75) is 58.3 Å². The van der Waals surface area contributed by atoms with Crippen LogP contribution in [-0.2, 0) is 16.1 Å². The fourth-order valence-corrected chi connectivity index (χ4v) is 5.25. The summed E-state index contributed by atoms with van der Waals surface area (Å²) in [5.41, 5.74) is 0.557. The van der Waals surface area contributed by atoms with E-state index in [1.54, 1.807) is 0 Å². The lowest BCUT2D eigenvalue weighted by atomic mass is 9.72. The third-order valence-corrected chi connectivity index (χ3v) is 6.94. The Morgan fingerprint density at radius 2 is 1.72 bits per heavy atom. The van der Waals surface area contributed by atoms with Crippen molar-refractivity contribution in [3.05, 3.63) is 35.9 Å². The van der Waals surface area contributed by atoms with Gasteiger partial charge in [-0.1, -0.05) is 30.3 Å². The Morgan fingerprint density at radius 3 is 2.34 bits per heavy atom. The Hall–Kier alpha value is -2.28. The molecule has 4 fully saturated rings. The standard InChI is InChI=1S/C25H37N3O4/c1-25(2,3)32-24(30)28-17-20-9-10-22(28)15-21(20)16-26-11-13-27(14-12-26)23(29)31-18-19-7-5-4-6-8-19/h4-8,20-22H,9-18H2,1-3H3/t20-,21+,22-/m1/s1. The second-order valence-electron chi connectivity index (χ2n) is 10.4. The predicted molar refractivity (Wildman–Crippen MR) is 122 cm³/mol. The van der Waals surface area contributed by atoms with E-state index in [2.05, 4.69) is 4.90 Å². The van der Waals surface area contributed by atoms with E-state index in [4.69, 9.17) is 9.47 Å². The number of nitrogens with zero attached hydrogens (tertiary/aromatic N) is 3. The number of hydrogen-bond donors (Lipinski definition) is 0. The first kappa shape index (κ1) is 22.9. The lowest BCUT2D eigenvalue weighted by molar-refractivity contribution is -0.0363. The molecule has 2 amide bonds. The van der Waals surface area contributed by atoms with E-state index >= 15 is 0 Å². The van der Waals surface area contributed by atoms with E-state index < -0.39 is 5.60 Å². The number of fused-ring (bicyclic) bond motifs is 3. The maximum absolute atomic E-state index is 12.6. The molecular formula is C25H37N3O4. The number of carbonyl (C=O) groups excluding carboxylic acids is 2. The van der Waals surface area contributed by atoms with Crippen LogP contribution < -0.4 is 0 Å². The number of hydrogen-bond acceptors (Lipinski definition) is 5. The average molecular weight is 444 g/mol. The summed E-state index contributed by atoms with van der Waals surface area (Å²) < 4.78 is 11.1. The lowest BCUT2D eigenvalue weighted by Crippen LogP contribution is -2.58. The molecule has 3 saturated heterocycles. The molecule has 3 heterocycles.